The van der Waals surface area contributed by atoms with Gasteiger partial charge in [0.2, 0.25) is 0 Å². The van der Waals surface area contributed by atoms with Gasteiger partial charge in [-0.3, -0.25) is 4.79 Å². The van der Waals surface area contributed by atoms with Crippen molar-refractivity contribution in [1.29, 1.82) is 0 Å². The molecule has 0 spiro atoms. The van der Waals surface area contributed by atoms with E-state index in [0.717, 1.165) is 0 Å². The number of anilines is 1. The smallest absolute Gasteiger partial charge is 0.273 e. The lowest BCUT2D eigenvalue weighted by atomic mass is 10.0. The van der Waals surface area contributed by atoms with E-state index in [0.29, 0.717) is 31.3 Å². The van der Waals surface area contributed by atoms with Gasteiger partial charge in [0.25, 0.3) is 5.91 Å². The molecule has 0 atom stereocenters. The first-order chi connectivity index (χ1) is 8.54. The van der Waals surface area contributed by atoms with Gasteiger partial charge in [-0.25, -0.2) is 10.8 Å². The Morgan fingerprint density at radius 1 is 1.56 bits per heavy atom. The quantitative estimate of drug-likeness (QED) is 0.594. The zero-order chi connectivity index (χ0) is 13.2. The summed E-state index contributed by atoms with van der Waals surface area (Å²) < 4.78 is 5.40. The van der Waals surface area contributed by atoms with Crippen LogP contribution in [-0.2, 0) is 4.74 Å². The normalized spacial score (nSPS) is 18.5. The second kappa shape index (κ2) is 4.91. The molecular weight excluding hydrogens is 232 g/mol. The summed E-state index contributed by atoms with van der Waals surface area (Å²) in [6, 6.07) is 5.15. The fraction of sp³-hybridized carbons (Fsp3) is 0.500. The maximum atomic E-state index is 12.4. The lowest BCUT2D eigenvalue weighted by molar-refractivity contribution is -0.0373. The molecule has 0 bridgehead atoms. The average Bonchev–Trinajstić information content (AvgIpc) is 2.37. The van der Waals surface area contributed by atoms with Crippen molar-refractivity contribution in [3.8, 4) is 0 Å². The number of rotatable bonds is 2. The Morgan fingerprint density at radius 3 is 3.00 bits per heavy atom. The molecule has 1 aliphatic heterocycles. The van der Waals surface area contributed by atoms with Crippen LogP contribution in [0.2, 0.25) is 0 Å². The number of nitrogen functional groups attached to an aromatic ring is 1. The average molecular weight is 250 g/mol. The van der Waals surface area contributed by atoms with Crippen molar-refractivity contribution >= 4 is 11.7 Å². The number of hydrogen-bond acceptors (Lipinski definition) is 5. The Labute approximate surface area is 106 Å². The number of carbonyl (C=O) groups is 1. The van der Waals surface area contributed by atoms with Crippen molar-refractivity contribution in [2.24, 2.45) is 5.84 Å². The number of nitrogens with zero attached hydrogens (tertiary/aromatic N) is 2. The fourth-order valence-electron chi connectivity index (χ4n) is 2.01. The summed E-state index contributed by atoms with van der Waals surface area (Å²) in [4.78, 5) is 18.4. The number of pyridine rings is 1. The van der Waals surface area contributed by atoms with Crippen LogP contribution >= 0.6 is 0 Å². The molecular formula is C12H18N4O2. The molecule has 0 aliphatic carbocycles. The van der Waals surface area contributed by atoms with Gasteiger partial charge in [-0.15, -0.1) is 0 Å². The molecule has 1 amide bonds. The van der Waals surface area contributed by atoms with Crippen molar-refractivity contribution in [1.82, 2.24) is 9.88 Å². The van der Waals surface area contributed by atoms with Crippen LogP contribution in [0.4, 0.5) is 5.82 Å². The minimum Gasteiger partial charge on any atom is -0.377 e. The van der Waals surface area contributed by atoms with Crippen LogP contribution in [0.15, 0.2) is 18.2 Å². The van der Waals surface area contributed by atoms with Crippen molar-refractivity contribution in [3.05, 3.63) is 23.9 Å². The molecule has 0 unspecified atom stereocenters. The van der Waals surface area contributed by atoms with Crippen LogP contribution in [0.5, 0.6) is 0 Å². The molecule has 2 rings (SSSR count). The van der Waals surface area contributed by atoms with E-state index in [1.54, 1.807) is 23.1 Å². The van der Waals surface area contributed by atoms with Crippen LogP contribution < -0.4 is 11.3 Å². The highest BCUT2D eigenvalue weighted by Crippen LogP contribution is 2.21. The SMILES string of the molecule is CC1(C)COCCN1C(=O)c1cccc(NN)n1. The summed E-state index contributed by atoms with van der Waals surface area (Å²) in [5.74, 6) is 5.67. The van der Waals surface area contributed by atoms with E-state index in [9.17, 15) is 4.79 Å². The topological polar surface area (TPSA) is 80.5 Å². The first-order valence-electron chi connectivity index (χ1n) is 5.88. The highest BCUT2D eigenvalue weighted by atomic mass is 16.5. The van der Waals surface area contributed by atoms with Crippen molar-refractivity contribution in [2.45, 2.75) is 19.4 Å². The van der Waals surface area contributed by atoms with Crippen LogP contribution in [0.1, 0.15) is 24.3 Å². The zero-order valence-electron chi connectivity index (χ0n) is 10.6. The number of amides is 1. The molecule has 18 heavy (non-hydrogen) atoms. The molecule has 1 aliphatic rings. The monoisotopic (exact) mass is 250 g/mol. The second-order valence-electron chi connectivity index (χ2n) is 4.87. The Morgan fingerprint density at radius 2 is 2.33 bits per heavy atom. The van der Waals surface area contributed by atoms with Crippen LogP contribution in [0.25, 0.3) is 0 Å². The number of carbonyl (C=O) groups excluding carboxylic acids is 1. The lowest BCUT2D eigenvalue weighted by Gasteiger charge is -2.41. The predicted octanol–water partition coefficient (Wildman–Crippen LogP) is 0.618. The highest BCUT2D eigenvalue weighted by molar-refractivity contribution is 5.93. The van der Waals surface area contributed by atoms with Gasteiger partial charge in [0, 0.05) is 6.54 Å². The summed E-state index contributed by atoms with van der Waals surface area (Å²) in [5, 5.41) is 0. The van der Waals surface area contributed by atoms with Crippen LogP contribution in [0.3, 0.4) is 0 Å². The van der Waals surface area contributed by atoms with Crippen molar-refractivity contribution in [2.75, 3.05) is 25.2 Å². The Hall–Kier alpha value is -1.66. The molecule has 2 heterocycles. The summed E-state index contributed by atoms with van der Waals surface area (Å²) in [6.07, 6.45) is 0. The molecule has 1 saturated heterocycles. The van der Waals surface area contributed by atoms with Gasteiger partial charge in [0.15, 0.2) is 0 Å². The van der Waals surface area contributed by atoms with Gasteiger partial charge in [-0.2, -0.15) is 0 Å². The summed E-state index contributed by atoms with van der Waals surface area (Å²) in [5.41, 5.74) is 2.51. The third-order valence-electron chi connectivity index (χ3n) is 3.01. The lowest BCUT2D eigenvalue weighted by Crippen LogP contribution is -2.55. The van der Waals surface area contributed by atoms with E-state index in [2.05, 4.69) is 10.4 Å². The third-order valence-corrected chi connectivity index (χ3v) is 3.01. The number of morpholine rings is 1. The molecule has 1 aromatic rings. The van der Waals surface area contributed by atoms with E-state index in [1.807, 2.05) is 13.8 Å². The first-order valence-corrected chi connectivity index (χ1v) is 5.88. The molecule has 1 aromatic heterocycles. The molecule has 1 fully saturated rings. The van der Waals surface area contributed by atoms with Gasteiger partial charge in [0.1, 0.15) is 11.5 Å². The van der Waals surface area contributed by atoms with Gasteiger partial charge in [0.05, 0.1) is 18.8 Å². The maximum absolute atomic E-state index is 12.4. The van der Waals surface area contributed by atoms with Crippen LogP contribution in [0, 0.1) is 0 Å². The largest absolute Gasteiger partial charge is 0.377 e. The molecule has 0 radical (unpaired) electrons. The van der Waals surface area contributed by atoms with Gasteiger partial charge >= 0.3 is 0 Å². The summed E-state index contributed by atoms with van der Waals surface area (Å²) >= 11 is 0. The number of hydrazine groups is 1. The number of hydrogen-bond donors (Lipinski definition) is 2. The molecule has 0 saturated carbocycles. The van der Waals surface area contributed by atoms with E-state index in [4.69, 9.17) is 10.6 Å². The minimum atomic E-state index is -0.316. The van der Waals surface area contributed by atoms with Crippen molar-refractivity contribution in [3.63, 3.8) is 0 Å². The first kappa shape index (κ1) is 12.8. The molecule has 6 nitrogen and oxygen atoms in total. The van der Waals surface area contributed by atoms with Gasteiger partial charge in [-0.05, 0) is 26.0 Å². The minimum absolute atomic E-state index is 0.0969. The number of aromatic nitrogens is 1. The molecule has 98 valence electrons. The van der Waals surface area contributed by atoms with Gasteiger partial charge < -0.3 is 15.1 Å². The second-order valence-corrected chi connectivity index (χ2v) is 4.87. The Bertz CT molecular complexity index is 447. The standard InChI is InChI=1S/C12H18N4O2/c1-12(2)8-18-7-6-16(12)11(17)9-4-3-5-10(14-9)15-13/h3-5H,6-8,13H2,1-2H3,(H,14,15). The third kappa shape index (κ3) is 2.44. The Kier molecular flexibility index (Phi) is 3.49. The number of nitrogens with two attached hydrogens (primary N) is 1. The number of ether oxygens (including phenoxy) is 1. The summed E-state index contributed by atoms with van der Waals surface area (Å²) in [6.45, 7) is 5.63. The summed E-state index contributed by atoms with van der Waals surface area (Å²) in [7, 11) is 0. The Balaban J connectivity index is 2.24. The van der Waals surface area contributed by atoms with Crippen LogP contribution in [-0.4, -0.2) is 41.1 Å². The highest BCUT2D eigenvalue weighted by Gasteiger charge is 2.35. The zero-order valence-corrected chi connectivity index (χ0v) is 10.6. The van der Waals surface area contributed by atoms with Crippen molar-refractivity contribution < 1.29 is 9.53 Å². The van der Waals surface area contributed by atoms with E-state index >= 15 is 0 Å². The molecule has 6 heteroatoms. The van der Waals surface area contributed by atoms with Gasteiger partial charge in [-0.1, -0.05) is 6.07 Å². The maximum Gasteiger partial charge on any atom is 0.273 e. The van der Waals surface area contributed by atoms with E-state index in [-0.39, 0.29) is 11.4 Å². The molecule has 3 N–H and O–H groups in total. The number of nitrogens with one attached hydrogen (secondary N) is 1. The van der Waals surface area contributed by atoms with E-state index < -0.39 is 0 Å². The predicted molar refractivity (Wildman–Crippen MR) is 68.0 cm³/mol. The molecule has 0 aromatic carbocycles. The van der Waals surface area contributed by atoms with E-state index in [1.165, 1.54) is 0 Å². The fourth-order valence-corrected chi connectivity index (χ4v) is 2.01.